The summed E-state index contributed by atoms with van der Waals surface area (Å²) in [7, 11) is -0.254. The zero-order valence-corrected chi connectivity index (χ0v) is 26.6. The average Bonchev–Trinajstić information content (AvgIpc) is 3.25. The fraction of sp³-hybridized carbons (Fsp3) is 0.618. The molecule has 5 aliphatic rings. The number of carbonyl (C=O) groups is 2. The Kier molecular flexibility index (Phi) is 7.65. The highest BCUT2D eigenvalue weighted by molar-refractivity contribution is 6.45. The molecular weight excluding hydrogens is 543 g/mol. The minimum Gasteiger partial charge on any atom is -0.486 e. The number of hydrogen-bond donors (Lipinski definition) is 0. The van der Waals surface area contributed by atoms with Crippen molar-refractivity contribution in [1.29, 1.82) is 0 Å². The number of carbonyl (C=O) groups excluding carboxylic acids is 2. The molecular formula is C34H45BN2O6. The first kappa shape index (κ1) is 30.1. The Hall–Kier alpha value is -2.91. The highest BCUT2D eigenvalue weighted by Gasteiger charge is 2.67. The van der Waals surface area contributed by atoms with E-state index in [4.69, 9.17) is 18.8 Å². The number of hydrogen-bond acceptors (Lipinski definition) is 7. The maximum Gasteiger partial charge on any atom is 0.457 e. The molecule has 9 heteroatoms. The van der Waals surface area contributed by atoms with Gasteiger partial charge < -0.3 is 23.7 Å². The van der Waals surface area contributed by atoms with Crippen LogP contribution < -0.4 is 4.74 Å². The molecule has 2 bridgehead atoms. The smallest absolute Gasteiger partial charge is 0.457 e. The lowest BCUT2D eigenvalue weighted by atomic mass is 9.43. The summed E-state index contributed by atoms with van der Waals surface area (Å²) in [6, 6.07) is 7.64. The van der Waals surface area contributed by atoms with Crippen LogP contribution in [0.15, 0.2) is 36.7 Å². The standard InChI is InChI=1S/C34H45BN2O6/c1-21-23(12-13-35-42-28-17-24-16-27(33(24,5)6)34(28,7)43-35)10-11-26(30(21)31(39)41-32(2,3)4)40-25-19-37(20-25)29(38)15-22-9-8-14-36-18-22/h8-11,14,18,24-25,27-28H,12-13,15-17,19-20H2,1-7H3/t24-,27-,28+,34-/m0/s1. The van der Waals surface area contributed by atoms with Crippen molar-refractivity contribution in [3.63, 3.8) is 0 Å². The highest BCUT2D eigenvalue weighted by atomic mass is 16.7. The van der Waals surface area contributed by atoms with Gasteiger partial charge in [-0.15, -0.1) is 0 Å². The fourth-order valence-electron chi connectivity index (χ4n) is 7.72. The van der Waals surface area contributed by atoms with E-state index in [0.717, 1.165) is 29.4 Å². The van der Waals surface area contributed by atoms with E-state index in [1.165, 1.54) is 6.42 Å². The van der Waals surface area contributed by atoms with Crippen LogP contribution in [0.4, 0.5) is 0 Å². The van der Waals surface area contributed by atoms with Gasteiger partial charge >= 0.3 is 13.1 Å². The summed E-state index contributed by atoms with van der Waals surface area (Å²) in [4.78, 5) is 32.0. The molecule has 1 amide bonds. The van der Waals surface area contributed by atoms with Crippen molar-refractivity contribution in [2.75, 3.05) is 13.1 Å². The molecule has 2 aromatic rings. The number of benzene rings is 1. The van der Waals surface area contributed by atoms with Crippen LogP contribution in [-0.4, -0.2) is 65.4 Å². The van der Waals surface area contributed by atoms with Gasteiger partial charge in [-0.05, 0) is 106 Å². The molecule has 3 heterocycles. The summed E-state index contributed by atoms with van der Waals surface area (Å²) in [5, 5.41) is 0. The van der Waals surface area contributed by atoms with Crippen molar-refractivity contribution in [2.45, 2.75) is 104 Å². The van der Waals surface area contributed by atoms with Gasteiger partial charge in [0.05, 0.1) is 31.2 Å². The lowest BCUT2D eigenvalue weighted by Crippen LogP contribution is -2.65. The van der Waals surface area contributed by atoms with Crippen LogP contribution in [0.2, 0.25) is 6.32 Å². The van der Waals surface area contributed by atoms with Crippen molar-refractivity contribution in [2.24, 2.45) is 17.3 Å². The summed E-state index contributed by atoms with van der Waals surface area (Å²) in [6.07, 6.45) is 7.41. The predicted octanol–water partition coefficient (Wildman–Crippen LogP) is 5.45. The molecule has 4 atom stereocenters. The topological polar surface area (TPSA) is 87.2 Å². The Balaban J connectivity index is 1.12. The molecule has 0 unspecified atom stereocenters. The van der Waals surface area contributed by atoms with Gasteiger partial charge in [0, 0.05) is 12.4 Å². The fourth-order valence-corrected chi connectivity index (χ4v) is 7.72. The van der Waals surface area contributed by atoms with Crippen LogP contribution in [0.3, 0.4) is 0 Å². The minimum atomic E-state index is -0.644. The zero-order chi connectivity index (χ0) is 30.7. The number of rotatable bonds is 8. The number of likely N-dealkylation sites (tertiary alicyclic amines) is 1. The third-order valence-electron chi connectivity index (χ3n) is 10.4. The van der Waals surface area contributed by atoms with Gasteiger partial charge in [0.2, 0.25) is 5.91 Å². The van der Waals surface area contributed by atoms with E-state index in [2.05, 4.69) is 25.8 Å². The van der Waals surface area contributed by atoms with Gasteiger partial charge in [0.15, 0.2) is 0 Å². The van der Waals surface area contributed by atoms with Crippen LogP contribution in [0.5, 0.6) is 5.75 Å². The molecule has 43 heavy (non-hydrogen) atoms. The summed E-state index contributed by atoms with van der Waals surface area (Å²) >= 11 is 0. The summed E-state index contributed by atoms with van der Waals surface area (Å²) in [6.45, 7) is 15.5. The molecule has 0 spiro atoms. The predicted molar refractivity (Wildman–Crippen MR) is 164 cm³/mol. The largest absolute Gasteiger partial charge is 0.486 e. The van der Waals surface area contributed by atoms with Gasteiger partial charge in [-0.3, -0.25) is 9.78 Å². The van der Waals surface area contributed by atoms with Crippen molar-refractivity contribution in [1.82, 2.24) is 9.88 Å². The van der Waals surface area contributed by atoms with Crippen molar-refractivity contribution in [3.05, 3.63) is 58.9 Å². The Morgan fingerprint density at radius 3 is 2.58 bits per heavy atom. The lowest BCUT2D eigenvalue weighted by Gasteiger charge is -2.64. The van der Waals surface area contributed by atoms with Gasteiger partial charge in [0.25, 0.3) is 0 Å². The van der Waals surface area contributed by atoms with Crippen molar-refractivity contribution >= 4 is 19.0 Å². The van der Waals surface area contributed by atoms with Crippen molar-refractivity contribution in [3.8, 4) is 5.75 Å². The van der Waals surface area contributed by atoms with E-state index in [9.17, 15) is 9.59 Å². The normalized spacial score (nSPS) is 27.7. The van der Waals surface area contributed by atoms with E-state index in [-0.39, 0.29) is 30.8 Å². The number of amides is 1. The molecule has 8 nitrogen and oxygen atoms in total. The molecule has 1 aromatic carbocycles. The van der Waals surface area contributed by atoms with E-state index in [1.807, 2.05) is 52.0 Å². The summed E-state index contributed by atoms with van der Waals surface area (Å²) in [5.74, 6) is 1.37. The number of esters is 1. The molecule has 7 rings (SSSR count). The SMILES string of the molecule is Cc1c(CCB2O[C@@H]3C[C@@H]4C[C@@H](C4(C)C)[C@]3(C)O2)ccc(OC2CN(C(=O)Cc3cccnc3)C2)c1C(=O)OC(C)(C)C. The quantitative estimate of drug-likeness (QED) is 0.300. The van der Waals surface area contributed by atoms with Crippen LogP contribution in [0, 0.1) is 24.2 Å². The van der Waals surface area contributed by atoms with E-state index >= 15 is 0 Å². The van der Waals surface area contributed by atoms with E-state index in [0.29, 0.717) is 54.5 Å². The molecule has 3 saturated carbocycles. The number of nitrogens with zero attached hydrogens (tertiary/aromatic N) is 2. The van der Waals surface area contributed by atoms with Crippen molar-refractivity contribution < 1.29 is 28.4 Å². The molecule has 0 N–H and O–H groups in total. The second kappa shape index (κ2) is 10.9. The third-order valence-corrected chi connectivity index (χ3v) is 10.4. The number of pyridine rings is 1. The molecule has 5 fully saturated rings. The maximum atomic E-state index is 13.5. The molecule has 2 aliphatic heterocycles. The van der Waals surface area contributed by atoms with Gasteiger partial charge in [-0.2, -0.15) is 0 Å². The van der Waals surface area contributed by atoms with Crippen LogP contribution in [-0.2, 0) is 31.7 Å². The van der Waals surface area contributed by atoms with Crippen LogP contribution in [0.1, 0.15) is 81.4 Å². The van der Waals surface area contributed by atoms with E-state index in [1.54, 1.807) is 17.3 Å². The third kappa shape index (κ3) is 5.71. The first-order chi connectivity index (χ1) is 20.2. The second-order valence-electron chi connectivity index (χ2n) is 14.7. The number of aryl methyl sites for hydroxylation is 1. The number of aromatic nitrogens is 1. The molecule has 2 saturated heterocycles. The Labute approximate surface area is 256 Å². The maximum absolute atomic E-state index is 13.5. The van der Waals surface area contributed by atoms with Gasteiger partial charge in [-0.25, -0.2) is 4.79 Å². The molecule has 3 aliphatic carbocycles. The van der Waals surface area contributed by atoms with Gasteiger partial charge in [-0.1, -0.05) is 26.0 Å². The summed E-state index contributed by atoms with van der Waals surface area (Å²) < 4.78 is 25.2. The first-order valence-corrected chi connectivity index (χ1v) is 15.8. The van der Waals surface area contributed by atoms with Gasteiger partial charge in [0.1, 0.15) is 23.0 Å². The summed E-state index contributed by atoms with van der Waals surface area (Å²) in [5.41, 5.74) is 2.67. The number of ether oxygens (including phenoxy) is 2. The van der Waals surface area contributed by atoms with E-state index < -0.39 is 11.6 Å². The molecule has 0 radical (unpaired) electrons. The lowest BCUT2D eigenvalue weighted by molar-refractivity contribution is -0.199. The first-order valence-electron chi connectivity index (χ1n) is 15.8. The highest BCUT2D eigenvalue weighted by Crippen LogP contribution is 2.65. The van der Waals surface area contributed by atoms with Crippen LogP contribution >= 0.6 is 0 Å². The molecule has 230 valence electrons. The minimum absolute atomic E-state index is 0.0394. The second-order valence-corrected chi connectivity index (χ2v) is 14.7. The monoisotopic (exact) mass is 588 g/mol. The Morgan fingerprint density at radius 2 is 1.91 bits per heavy atom. The Bertz CT molecular complexity index is 1390. The average molecular weight is 589 g/mol. The Morgan fingerprint density at radius 1 is 1.14 bits per heavy atom. The molecule has 1 aromatic heterocycles. The zero-order valence-electron chi connectivity index (χ0n) is 26.6. The van der Waals surface area contributed by atoms with Crippen LogP contribution in [0.25, 0.3) is 0 Å².